The molecule has 0 fully saturated rings. The summed E-state index contributed by atoms with van der Waals surface area (Å²) in [6, 6.07) is 15.3. The lowest BCUT2D eigenvalue weighted by atomic mass is 10.1. The molecular formula is C15H10FN3. The first-order chi connectivity index (χ1) is 9.24. The summed E-state index contributed by atoms with van der Waals surface area (Å²) in [5.41, 5.74) is 1.91. The van der Waals surface area contributed by atoms with Crippen molar-refractivity contribution in [1.29, 1.82) is 10.5 Å². The second-order valence-corrected chi connectivity index (χ2v) is 3.93. The van der Waals surface area contributed by atoms with Gasteiger partial charge in [-0.05, 0) is 24.3 Å². The fourth-order valence-electron chi connectivity index (χ4n) is 1.69. The van der Waals surface area contributed by atoms with Crippen molar-refractivity contribution in [2.75, 3.05) is 5.32 Å². The standard InChI is InChI=1S/C15H10FN3/c16-14-7-11(8-17)5-6-13(14)10-19-15-4-2-1-3-12(15)9-18/h1-7,19H,10H2. The molecule has 0 heterocycles. The van der Waals surface area contributed by atoms with Crippen LogP contribution in [0.25, 0.3) is 0 Å². The molecule has 0 saturated carbocycles. The van der Waals surface area contributed by atoms with Crippen LogP contribution in [0.2, 0.25) is 0 Å². The Morgan fingerprint density at radius 2 is 1.84 bits per heavy atom. The molecule has 1 N–H and O–H groups in total. The number of benzene rings is 2. The number of nitriles is 2. The Morgan fingerprint density at radius 3 is 2.53 bits per heavy atom. The average molecular weight is 251 g/mol. The number of hydrogen-bond donors (Lipinski definition) is 1. The second kappa shape index (κ2) is 5.66. The zero-order valence-corrected chi connectivity index (χ0v) is 10.0. The number of hydrogen-bond acceptors (Lipinski definition) is 3. The van der Waals surface area contributed by atoms with Crippen LogP contribution in [0.4, 0.5) is 10.1 Å². The van der Waals surface area contributed by atoms with E-state index < -0.39 is 5.82 Å². The first-order valence-electron chi connectivity index (χ1n) is 5.66. The van der Waals surface area contributed by atoms with Gasteiger partial charge in [0, 0.05) is 12.1 Å². The van der Waals surface area contributed by atoms with Gasteiger partial charge in [0.25, 0.3) is 0 Å². The fourth-order valence-corrected chi connectivity index (χ4v) is 1.69. The van der Waals surface area contributed by atoms with Crippen molar-refractivity contribution in [1.82, 2.24) is 0 Å². The molecule has 0 aliphatic heterocycles. The van der Waals surface area contributed by atoms with Crippen LogP contribution in [0, 0.1) is 28.5 Å². The van der Waals surface area contributed by atoms with E-state index in [1.165, 1.54) is 6.07 Å². The monoisotopic (exact) mass is 251 g/mol. The number of nitrogens with one attached hydrogen (secondary N) is 1. The minimum atomic E-state index is -0.430. The average Bonchev–Trinajstić information content (AvgIpc) is 2.46. The van der Waals surface area contributed by atoms with Gasteiger partial charge in [-0.2, -0.15) is 10.5 Å². The van der Waals surface area contributed by atoms with Crippen molar-refractivity contribution in [3.8, 4) is 12.1 Å². The molecule has 0 amide bonds. The molecule has 0 bridgehead atoms. The lowest BCUT2D eigenvalue weighted by Crippen LogP contribution is -2.03. The first kappa shape index (κ1) is 12.6. The molecule has 0 saturated heterocycles. The minimum Gasteiger partial charge on any atom is -0.380 e. The topological polar surface area (TPSA) is 59.6 Å². The number of rotatable bonds is 3. The quantitative estimate of drug-likeness (QED) is 0.911. The van der Waals surface area contributed by atoms with Gasteiger partial charge in [0.05, 0.1) is 22.9 Å². The predicted octanol–water partition coefficient (Wildman–Crippen LogP) is 3.18. The van der Waals surface area contributed by atoms with E-state index in [0.29, 0.717) is 22.4 Å². The maximum absolute atomic E-state index is 13.7. The molecule has 0 aromatic heterocycles. The van der Waals surface area contributed by atoms with Crippen LogP contribution in [0.5, 0.6) is 0 Å². The zero-order valence-electron chi connectivity index (χ0n) is 10.0. The maximum atomic E-state index is 13.7. The summed E-state index contributed by atoms with van der Waals surface area (Å²) in [5.74, 6) is -0.430. The van der Waals surface area contributed by atoms with Crippen molar-refractivity contribution in [2.45, 2.75) is 6.54 Å². The third-order valence-corrected chi connectivity index (χ3v) is 2.70. The van der Waals surface area contributed by atoms with E-state index in [2.05, 4.69) is 11.4 Å². The van der Waals surface area contributed by atoms with Gasteiger partial charge in [0.1, 0.15) is 11.9 Å². The highest BCUT2D eigenvalue weighted by molar-refractivity contribution is 5.57. The molecule has 0 unspecified atom stereocenters. The molecule has 92 valence electrons. The van der Waals surface area contributed by atoms with Crippen molar-refractivity contribution in [2.24, 2.45) is 0 Å². The van der Waals surface area contributed by atoms with Crippen LogP contribution in [0.3, 0.4) is 0 Å². The summed E-state index contributed by atoms with van der Waals surface area (Å²) >= 11 is 0. The van der Waals surface area contributed by atoms with E-state index in [1.807, 2.05) is 6.07 Å². The molecule has 19 heavy (non-hydrogen) atoms. The Morgan fingerprint density at radius 1 is 1.05 bits per heavy atom. The normalized spacial score (nSPS) is 9.42. The molecule has 0 aliphatic rings. The first-order valence-corrected chi connectivity index (χ1v) is 5.66. The van der Waals surface area contributed by atoms with Gasteiger partial charge in [-0.25, -0.2) is 4.39 Å². The van der Waals surface area contributed by atoms with Gasteiger partial charge in [0.2, 0.25) is 0 Å². The smallest absolute Gasteiger partial charge is 0.129 e. The summed E-state index contributed by atoms with van der Waals surface area (Å²) in [5, 5.41) is 20.6. The Balaban J connectivity index is 2.16. The Labute approximate surface area is 110 Å². The second-order valence-electron chi connectivity index (χ2n) is 3.93. The van der Waals surface area contributed by atoms with Crippen molar-refractivity contribution < 1.29 is 4.39 Å². The van der Waals surface area contributed by atoms with Crippen LogP contribution >= 0.6 is 0 Å². The Bertz CT molecular complexity index is 681. The minimum absolute atomic E-state index is 0.260. The highest BCUT2D eigenvalue weighted by Gasteiger charge is 2.05. The Hall–Kier alpha value is -2.85. The van der Waals surface area contributed by atoms with Gasteiger partial charge in [-0.1, -0.05) is 18.2 Å². The van der Waals surface area contributed by atoms with Gasteiger partial charge < -0.3 is 5.32 Å². The van der Waals surface area contributed by atoms with E-state index in [9.17, 15) is 4.39 Å². The van der Waals surface area contributed by atoms with Crippen LogP contribution in [0.1, 0.15) is 16.7 Å². The highest BCUT2D eigenvalue weighted by Crippen LogP contribution is 2.16. The number of halogens is 1. The molecule has 2 aromatic rings. The third-order valence-electron chi connectivity index (χ3n) is 2.70. The Kier molecular flexibility index (Phi) is 3.75. The molecule has 3 nitrogen and oxygen atoms in total. The van der Waals surface area contributed by atoms with Crippen LogP contribution < -0.4 is 5.32 Å². The molecule has 2 aromatic carbocycles. The van der Waals surface area contributed by atoms with Gasteiger partial charge in [0.15, 0.2) is 0 Å². The summed E-state index contributed by atoms with van der Waals surface area (Å²) in [4.78, 5) is 0. The zero-order chi connectivity index (χ0) is 13.7. The van der Waals surface area contributed by atoms with Gasteiger partial charge >= 0.3 is 0 Å². The van der Waals surface area contributed by atoms with Crippen molar-refractivity contribution >= 4 is 5.69 Å². The van der Waals surface area contributed by atoms with Crippen molar-refractivity contribution in [3.63, 3.8) is 0 Å². The van der Waals surface area contributed by atoms with Crippen LogP contribution in [-0.2, 0) is 6.54 Å². The lowest BCUT2D eigenvalue weighted by Gasteiger charge is -2.08. The van der Waals surface area contributed by atoms with E-state index in [-0.39, 0.29) is 6.54 Å². The number of para-hydroxylation sites is 1. The molecule has 0 atom stereocenters. The third kappa shape index (κ3) is 2.88. The lowest BCUT2D eigenvalue weighted by molar-refractivity contribution is 0.612. The van der Waals surface area contributed by atoms with Crippen LogP contribution in [0.15, 0.2) is 42.5 Å². The SMILES string of the molecule is N#Cc1ccc(CNc2ccccc2C#N)c(F)c1. The number of nitrogens with zero attached hydrogens (tertiary/aromatic N) is 2. The molecule has 0 aliphatic carbocycles. The summed E-state index contributed by atoms with van der Waals surface area (Å²) in [6.07, 6.45) is 0. The number of anilines is 1. The predicted molar refractivity (Wildman–Crippen MR) is 69.6 cm³/mol. The molecule has 0 radical (unpaired) electrons. The molecule has 0 spiro atoms. The van der Waals surface area contributed by atoms with E-state index in [4.69, 9.17) is 10.5 Å². The van der Waals surface area contributed by atoms with Gasteiger partial charge in [-0.15, -0.1) is 0 Å². The molecule has 2 rings (SSSR count). The summed E-state index contributed by atoms with van der Waals surface area (Å²) < 4.78 is 13.7. The van der Waals surface area contributed by atoms with Crippen LogP contribution in [-0.4, -0.2) is 0 Å². The largest absolute Gasteiger partial charge is 0.380 e. The summed E-state index contributed by atoms with van der Waals surface area (Å²) in [6.45, 7) is 0.260. The van der Waals surface area contributed by atoms with Gasteiger partial charge in [-0.3, -0.25) is 0 Å². The van der Waals surface area contributed by atoms with E-state index >= 15 is 0 Å². The summed E-state index contributed by atoms with van der Waals surface area (Å²) in [7, 11) is 0. The highest BCUT2D eigenvalue weighted by atomic mass is 19.1. The van der Waals surface area contributed by atoms with Crippen molar-refractivity contribution in [3.05, 3.63) is 65.0 Å². The van der Waals surface area contributed by atoms with E-state index in [0.717, 1.165) is 0 Å². The maximum Gasteiger partial charge on any atom is 0.129 e. The molecular weight excluding hydrogens is 241 g/mol. The van der Waals surface area contributed by atoms with E-state index in [1.54, 1.807) is 36.4 Å². The fraction of sp³-hybridized carbons (Fsp3) is 0.0667. The molecule has 4 heteroatoms.